The number of amides is 1. The Morgan fingerprint density at radius 3 is 2.64 bits per heavy atom. The normalized spacial score (nSPS) is 17.6. The summed E-state index contributed by atoms with van der Waals surface area (Å²) in [7, 11) is 0. The predicted molar refractivity (Wildman–Crippen MR) is 126 cm³/mol. The van der Waals surface area contributed by atoms with Gasteiger partial charge in [0.05, 0.1) is 28.4 Å². The average molecular weight is 458 g/mol. The number of para-hydroxylation sites is 1. The third-order valence-electron chi connectivity index (χ3n) is 5.37. The van der Waals surface area contributed by atoms with Gasteiger partial charge in [-0.1, -0.05) is 35.6 Å². The van der Waals surface area contributed by atoms with Crippen LogP contribution in [0.15, 0.2) is 78.6 Å². The number of ether oxygens (including phenoxy) is 1. The van der Waals surface area contributed by atoms with Crippen molar-refractivity contribution in [3.8, 4) is 5.75 Å². The number of pyridine rings is 1. The zero-order chi connectivity index (χ0) is 22.9. The van der Waals surface area contributed by atoms with Crippen LogP contribution in [0.2, 0.25) is 0 Å². The molecule has 1 saturated heterocycles. The number of aromatic nitrogens is 2. The van der Waals surface area contributed by atoms with Crippen LogP contribution in [0.25, 0.3) is 16.0 Å². The largest absolute Gasteiger partial charge is 0.507 e. The number of Topliss-reactive ketones (excluding diaryl/α,β-unsaturated/α-hetero) is 1. The SMILES string of the molecule is CCOc1cccc(/C(O)=C2\C(=O)C(=O)N(c3nc4ccccc4s3)C2c2ccncc2)c1. The maximum absolute atomic E-state index is 13.2. The van der Waals surface area contributed by atoms with Crippen LogP contribution >= 0.6 is 11.3 Å². The fourth-order valence-electron chi connectivity index (χ4n) is 3.91. The van der Waals surface area contributed by atoms with Gasteiger partial charge in [-0.25, -0.2) is 4.98 Å². The number of ketones is 1. The second kappa shape index (κ2) is 8.48. The molecule has 164 valence electrons. The third kappa shape index (κ3) is 3.64. The molecule has 4 aromatic rings. The number of rotatable bonds is 5. The van der Waals surface area contributed by atoms with Crippen molar-refractivity contribution in [3.05, 3.63) is 89.8 Å². The van der Waals surface area contributed by atoms with Crippen LogP contribution in [0.4, 0.5) is 5.13 Å². The van der Waals surface area contributed by atoms with Gasteiger partial charge in [0.2, 0.25) is 0 Å². The molecule has 1 amide bonds. The zero-order valence-electron chi connectivity index (χ0n) is 17.6. The van der Waals surface area contributed by atoms with E-state index in [1.165, 1.54) is 16.2 Å². The molecule has 0 radical (unpaired) electrons. The van der Waals surface area contributed by atoms with Gasteiger partial charge < -0.3 is 9.84 Å². The zero-order valence-corrected chi connectivity index (χ0v) is 18.5. The number of fused-ring (bicyclic) bond motifs is 1. The number of thiazole rings is 1. The van der Waals surface area contributed by atoms with E-state index in [1.54, 1.807) is 48.8 Å². The van der Waals surface area contributed by atoms with E-state index < -0.39 is 17.7 Å². The van der Waals surface area contributed by atoms with Crippen LogP contribution in [0.3, 0.4) is 0 Å². The van der Waals surface area contributed by atoms with Gasteiger partial charge in [-0.05, 0) is 48.9 Å². The summed E-state index contributed by atoms with van der Waals surface area (Å²) < 4.78 is 6.43. The topological polar surface area (TPSA) is 92.6 Å². The highest BCUT2D eigenvalue weighted by Crippen LogP contribution is 2.44. The molecule has 0 saturated carbocycles. The number of carbonyl (C=O) groups is 2. The lowest BCUT2D eigenvalue weighted by Crippen LogP contribution is -2.29. The second-order valence-corrected chi connectivity index (χ2v) is 8.38. The van der Waals surface area contributed by atoms with Crippen molar-refractivity contribution in [3.63, 3.8) is 0 Å². The Hall–Kier alpha value is -4.04. The number of anilines is 1. The molecule has 0 aliphatic carbocycles. The van der Waals surface area contributed by atoms with E-state index in [1.807, 2.05) is 31.2 Å². The third-order valence-corrected chi connectivity index (χ3v) is 6.41. The van der Waals surface area contributed by atoms with E-state index in [0.29, 0.717) is 28.6 Å². The van der Waals surface area contributed by atoms with Gasteiger partial charge in [0.15, 0.2) is 5.13 Å². The first-order valence-electron chi connectivity index (χ1n) is 10.4. The number of carbonyl (C=O) groups excluding carboxylic acids is 2. The van der Waals surface area contributed by atoms with Crippen molar-refractivity contribution < 1.29 is 19.4 Å². The maximum atomic E-state index is 13.2. The quantitative estimate of drug-likeness (QED) is 0.265. The van der Waals surface area contributed by atoms with Crippen LogP contribution in [0, 0.1) is 0 Å². The Bertz CT molecular complexity index is 1360. The van der Waals surface area contributed by atoms with Crippen molar-refractivity contribution in [1.29, 1.82) is 0 Å². The summed E-state index contributed by atoms with van der Waals surface area (Å²) in [6.45, 7) is 2.32. The number of benzene rings is 2. The van der Waals surface area contributed by atoms with E-state index in [2.05, 4.69) is 9.97 Å². The first-order chi connectivity index (χ1) is 16.1. The summed E-state index contributed by atoms with van der Waals surface area (Å²) in [5, 5.41) is 11.6. The molecule has 1 unspecified atom stereocenters. The monoisotopic (exact) mass is 457 g/mol. The van der Waals surface area contributed by atoms with Crippen molar-refractivity contribution in [2.24, 2.45) is 0 Å². The molecule has 0 bridgehead atoms. The molecule has 3 heterocycles. The first kappa shape index (κ1) is 20.8. The van der Waals surface area contributed by atoms with E-state index in [0.717, 1.165) is 10.2 Å². The van der Waals surface area contributed by atoms with Gasteiger partial charge in [0, 0.05) is 18.0 Å². The molecule has 33 heavy (non-hydrogen) atoms. The first-order valence-corrected chi connectivity index (χ1v) is 11.2. The van der Waals surface area contributed by atoms with E-state index in [-0.39, 0.29) is 11.3 Å². The summed E-state index contributed by atoms with van der Waals surface area (Å²) in [6, 6.07) is 16.9. The van der Waals surface area contributed by atoms with Gasteiger partial charge in [-0.15, -0.1) is 0 Å². The summed E-state index contributed by atoms with van der Waals surface area (Å²) in [5.41, 5.74) is 1.77. The van der Waals surface area contributed by atoms with Gasteiger partial charge in [0.1, 0.15) is 11.5 Å². The lowest BCUT2D eigenvalue weighted by atomic mass is 9.96. The molecule has 5 rings (SSSR count). The molecule has 2 aromatic heterocycles. The van der Waals surface area contributed by atoms with Crippen LogP contribution < -0.4 is 9.64 Å². The summed E-state index contributed by atoms with van der Waals surface area (Å²) >= 11 is 1.32. The highest BCUT2D eigenvalue weighted by atomic mass is 32.1. The van der Waals surface area contributed by atoms with Gasteiger partial charge in [0.25, 0.3) is 5.78 Å². The lowest BCUT2D eigenvalue weighted by Gasteiger charge is -2.22. The molecular weight excluding hydrogens is 438 g/mol. The molecule has 1 fully saturated rings. The van der Waals surface area contributed by atoms with E-state index in [4.69, 9.17) is 4.74 Å². The Balaban J connectivity index is 1.70. The fourth-order valence-corrected chi connectivity index (χ4v) is 4.90. The molecule has 7 nitrogen and oxygen atoms in total. The average Bonchev–Trinajstić information content (AvgIpc) is 3.38. The number of hydrogen-bond donors (Lipinski definition) is 1. The van der Waals surface area contributed by atoms with Gasteiger partial charge in [-0.3, -0.25) is 19.5 Å². The van der Waals surface area contributed by atoms with Crippen LogP contribution in [-0.4, -0.2) is 33.4 Å². The number of nitrogens with zero attached hydrogens (tertiary/aromatic N) is 3. The smallest absolute Gasteiger partial charge is 0.301 e. The molecule has 1 aliphatic rings. The minimum absolute atomic E-state index is 0.000829. The molecule has 1 N–H and O–H groups in total. The molecular formula is C25H19N3O4S. The van der Waals surface area contributed by atoms with E-state index in [9.17, 15) is 14.7 Å². The molecule has 1 atom stereocenters. The van der Waals surface area contributed by atoms with Crippen LogP contribution in [-0.2, 0) is 9.59 Å². The van der Waals surface area contributed by atoms with Crippen molar-refractivity contribution in [1.82, 2.24) is 9.97 Å². The summed E-state index contributed by atoms with van der Waals surface area (Å²) in [5.74, 6) is -1.21. The summed E-state index contributed by atoms with van der Waals surface area (Å²) in [6.07, 6.45) is 3.17. The van der Waals surface area contributed by atoms with Gasteiger partial charge >= 0.3 is 5.91 Å². The Morgan fingerprint density at radius 2 is 1.88 bits per heavy atom. The highest BCUT2D eigenvalue weighted by Gasteiger charge is 2.48. The maximum Gasteiger partial charge on any atom is 0.301 e. The minimum atomic E-state index is -0.843. The molecule has 0 spiro atoms. The number of hydrogen-bond acceptors (Lipinski definition) is 7. The van der Waals surface area contributed by atoms with Crippen molar-refractivity contribution in [2.75, 3.05) is 11.5 Å². The standard InChI is InChI=1S/C25H19N3O4S/c1-2-32-17-7-5-6-16(14-17)22(29)20-21(15-10-12-26-13-11-15)28(24(31)23(20)30)25-27-18-8-3-4-9-19(18)33-25/h3-14,21,29H,2H2,1H3/b22-20+. The van der Waals surface area contributed by atoms with Gasteiger partial charge in [-0.2, -0.15) is 0 Å². The summed E-state index contributed by atoms with van der Waals surface area (Å²) in [4.78, 5) is 36.5. The predicted octanol–water partition coefficient (Wildman–Crippen LogP) is 4.72. The van der Waals surface area contributed by atoms with Crippen LogP contribution in [0.5, 0.6) is 5.75 Å². The highest BCUT2D eigenvalue weighted by molar-refractivity contribution is 7.22. The van der Waals surface area contributed by atoms with Crippen molar-refractivity contribution >= 4 is 44.1 Å². The Kier molecular flexibility index (Phi) is 5.35. The Labute approximate surface area is 193 Å². The number of aliphatic hydroxyl groups is 1. The number of aliphatic hydroxyl groups excluding tert-OH is 1. The minimum Gasteiger partial charge on any atom is -0.507 e. The second-order valence-electron chi connectivity index (χ2n) is 7.37. The molecule has 1 aliphatic heterocycles. The Morgan fingerprint density at radius 1 is 1.09 bits per heavy atom. The van der Waals surface area contributed by atoms with E-state index >= 15 is 0 Å². The van der Waals surface area contributed by atoms with Crippen molar-refractivity contribution in [2.45, 2.75) is 13.0 Å². The fraction of sp³-hybridized carbons (Fsp3) is 0.120. The molecule has 8 heteroatoms. The molecule has 2 aromatic carbocycles. The van der Waals surface area contributed by atoms with Crippen LogP contribution in [0.1, 0.15) is 24.1 Å². The lowest BCUT2D eigenvalue weighted by molar-refractivity contribution is -0.132.